The van der Waals surface area contributed by atoms with Crippen molar-refractivity contribution in [2.75, 3.05) is 27.2 Å². The van der Waals surface area contributed by atoms with Crippen LogP contribution >= 0.6 is 11.3 Å². The highest BCUT2D eigenvalue weighted by Gasteiger charge is 2.30. The Balaban J connectivity index is 1.67. The first-order chi connectivity index (χ1) is 12.1. The van der Waals surface area contributed by atoms with E-state index >= 15 is 0 Å². The highest BCUT2D eigenvalue weighted by molar-refractivity contribution is 7.10. The van der Waals surface area contributed by atoms with Crippen LogP contribution < -0.4 is 5.32 Å². The van der Waals surface area contributed by atoms with Gasteiger partial charge in [-0.1, -0.05) is 37.3 Å². The predicted octanol–water partition coefficient (Wildman–Crippen LogP) is 4.07. The minimum absolute atomic E-state index is 0.0477. The first-order valence-corrected chi connectivity index (χ1v) is 9.82. The smallest absolute Gasteiger partial charge is 0.317 e. The maximum Gasteiger partial charge on any atom is 0.317 e. The Kier molecular flexibility index (Phi) is 5.76. The average molecular weight is 358 g/mol. The molecule has 3 rings (SSSR count). The lowest BCUT2D eigenvalue weighted by atomic mass is 9.98. The number of hydrogen-bond donors (Lipinski definition) is 1. The van der Waals surface area contributed by atoms with Gasteiger partial charge in [0.15, 0.2) is 0 Å². The number of nitrogens with zero attached hydrogens (tertiary/aromatic N) is 2. The Bertz CT molecular complexity index is 698. The van der Waals surface area contributed by atoms with Gasteiger partial charge in [-0.05, 0) is 49.5 Å². The second-order valence-electron chi connectivity index (χ2n) is 6.74. The predicted molar refractivity (Wildman–Crippen MR) is 104 cm³/mol. The monoisotopic (exact) mass is 357 g/mol. The molecule has 0 aliphatic carbocycles. The largest absolute Gasteiger partial charge is 0.336 e. The van der Waals surface area contributed by atoms with Crippen molar-refractivity contribution in [3.63, 3.8) is 0 Å². The van der Waals surface area contributed by atoms with Crippen LogP contribution in [0.15, 0.2) is 41.8 Å². The Hall–Kier alpha value is -1.85. The molecule has 1 N–H and O–H groups in total. The lowest BCUT2D eigenvalue weighted by Crippen LogP contribution is -2.47. The van der Waals surface area contributed by atoms with E-state index in [9.17, 15) is 4.79 Å². The van der Waals surface area contributed by atoms with Crippen LogP contribution in [0.25, 0.3) is 0 Å². The molecule has 25 heavy (non-hydrogen) atoms. The van der Waals surface area contributed by atoms with Gasteiger partial charge >= 0.3 is 6.03 Å². The SMILES string of the molecule is CCC1c2ccsc2CCN1C(=O)NCC(c1ccccc1)N(C)C. The van der Waals surface area contributed by atoms with Crippen LogP contribution in [0.4, 0.5) is 4.79 Å². The van der Waals surface area contributed by atoms with Gasteiger partial charge in [-0.15, -0.1) is 11.3 Å². The molecule has 4 nitrogen and oxygen atoms in total. The third kappa shape index (κ3) is 3.88. The zero-order valence-electron chi connectivity index (χ0n) is 15.2. The van der Waals surface area contributed by atoms with Crippen molar-refractivity contribution >= 4 is 17.4 Å². The molecule has 1 aromatic heterocycles. The van der Waals surface area contributed by atoms with E-state index in [1.807, 2.05) is 34.4 Å². The fourth-order valence-electron chi connectivity index (χ4n) is 3.64. The Morgan fingerprint density at radius 3 is 2.76 bits per heavy atom. The van der Waals surface area contributed by atoms with Crippen LogP contribution in [0.5, 0.6) is 0 Å². The standard InChI is InChI=1S/C20H27N3OS/c1-4-17-16-11-13-25-19(16)10-12-23(17)20(24)21-14-18(22(2)3)15-8-6-5-7-9-15/h5-9,11,13,17-18H,4,10,12,14H2,1-3H3,(H,21,24). The maximum atomic E-state index is 12.9. The normalized spacial score (nSPS) is 18.1. The van der Waals surface area contributed by atoms with E-state index in [-0.39, 0.29) is 18.1 Å². The molecule has 2 aromatic rings. The number of carbonyl (C=O) groups is 1. The van der Waals surface area contributed by atoms with E-state index in [4.69, 9.17) is 0 Å². The van der Waals surface area contributed by atoms with Crippen molar-refractivity contribution in [2.24, 2.45) is 0 Å². The van der Waals surface area contributed by atoms with Crippen molar-refractivity contribution in [2.45, 2.75) is 31.8 Å². The summed E-state index contributed by atoms with van der Waals surface area (Å²) in [5, 5.41) is 5.31. The molecule has 2 unspecified atom stereocenters. The third-order valence-electron chi connectivity index (χ3n) is 5.00. The molecule has 1 aromatic carbocycles. The number of nitrogens with one attached hydrogen (secondary N) is 1. The number of fused-ring (bicyclic) bond motifs is 1. The quantitative estimate of drug-likeness (QED) is 0.875. The van der Waals surface area contributed by atoms with Gasteiger partial charge in [-0.25, -0.2) is 4.79 Å². The number of hydrogen-bond acceptors (Lipinski definition) is 3. The molecule has 2 amide bonds. The van der Waals surface area contributed by atoms with E-state index in [0.29, 0.717) is 6.54 Å². The van der Waals surface area contributed by atoms with Gasteiger partial charge in [0.25, 0.3) is 0 Å². The van der Waals surface area contributed by atoms with Gasteiger partial charge in [-0.3, -0.25) is 0 Å². The summed E-state index contributed by atoms with van der Waals surface area (Å²) >= 11 is 1.81. The van der Waals surface area contributed by atoms with Crippen LogP contribution in [-0.2, 0) is 6.42 Å². The molecule has 2 atom stereocenters. The number of carbonyl (C=O) groups excluding carboxylic acids is 1. The van der Waals surface area contributed by atoms with Crippen LogP contribution in [-0.4, -0.2) is 43.0 Å². The number of thiophene rings is 1. The number of benzene rings is 1. The Morgan fingerprint density at radius 2 is 2.08 bits per heavy atom. The summed E-state index contributed by atoms with van der Waals surface area (Å²) in [5.41, 5.74) is 2.56. The molecule has 0 fully saturated rings. The van der Waals surface area contributed by atoms with Crippen molar-refractivity contribution in [1.82, 2.24) is 15.1 Å². The van der Waals surface area contributed by atoms with Gasteiger partial charge in [0, 0.05) is 18.0 Å². The summed E-state index contributed by atoms with van der Waals surface area (Å²) in [6, 6.07) is 12.9. The molecule has 134 valence electrons. The zero-order chi connectivity index (χ0) is 17.8. The lowest BCUT2D eigenvalue weighted by Gasteiger charge is -2.36. The molecule has 0 saturated carbocycles. The van der Waals surface area contributed by atoms with Crippen molar-refractivity contribution in [1.29, 1.82) is 0 Å². The van der Waals surface area contributed by atoms with Gasteiger partial charge < -0.3 is 15.1 Å². The topological polar surface area (TPSA) is 35.6 Å². The second-order valence-corrected chi connectivity index (χ2v) is 7.74. The number of amides is 2. The lowest BCUT2D eigenvalue weighted by molar-refractivity contribution is 0.164. The summed E-state index contributed by atoms with van der Waals surface area (Å²) in [6.45, 7) is 3.57. The number of urea groups is 1. The van der Waals surface area contributed by atoms with Crippen LogP contribution in [0.3, 0.4) is 0 Å². The van der Waals surface area contributed by atoms with Gasteiger partial charge in [0.1, 0.15) is 0 Å². The first kappa shape index (κ1) is 18.0. The summed E-state index contributed by atoms with van der Waals surface area (Å²) in [5.74, 6) is 0. The van der Waals surface area contributed by atoms with Crippen LogP contribution in [0, 0.1) is 0 Å². The van der Waals surface area contributed by atoms with E-state index in [0.717, 1.165) is 19.4 Å². The highest BCUT2D eigenvalue weighted by Crippen LogP contribution is 2.35. The number of rotatable bonds is 5. The third-order valence-corrected chi connectivity index (χ3v) is 5.99. The molecule has 0 radical (unpaired) electrons. The first-order valence-electron chi connectivity index (χ1n) is 8.94. The fraction of sp³-hybridized carbons (Fsp3) is 0.450. The molecular weight excluding hydrogens is 330 g/mol. The molecule has 1 aliphatic rings. The van der Waals surface area contributed by atoms with E-state index in [1.54, 1.807) is 0 Å². The van der Waals surface area contributed by atoms with E-state index in [2.05, 4.69) is 54.8 Å². The maximum absolute atomic E-state index is 12.9. The van der Waals surface area contributed by atoms with Crippen LogP contribution in [0.2, 0.25) is 0 Å². The summed E-state index contributed by atoms with van der Waals surface area (Å²) < 4.78 is 0. The van der Waals surface area contributed by atoms with Gasteiger partial charge in [0.2, 0.25) is 0 Å². The summed E-state index contributed by atoms with van der Waals surface area (Å²) in [4.78, 5) is 18.5. The second kappa shape index (κ2) is 8.02. The molecule has 0 saturated heterocycles. The van der Waals surface area contributed by atoms with Gasteiger partial charge in [-0.2, -0.15) is 0 Å². The Morgan fingerprint density at radius 1 is 1.32 bits per heavy atom. The average Bonchev–Trinajstić information content (AvgIpc) is 3.10. The highest BCUT2D eigenvalue weighted by atomic mass is 32.1. The number of likely N-dealkylation sites (N-methyl/N-ethyl adjacent to an activating group) is 1. The van der Waals surface area contributed by atoms with E-state index < -0.39 is 0 Å². The molecule has 5 heteroatoms. The van der Waals surface area contributed by atoms with Crippen molar-refractivity contribution in [3.8, 4) is 0 Å². The Labute approximate surface area is 154 Å². The minimum Gasteiger partial charge on any atom is -0.336 e. The zero-order valence-corrected chi connectivity index (χ0v) is 16.1. The molecule has 0 bridgehead atoms. The van der Waals surface area contributed by atoms with Crippen LogP contribution in [0.1, 0.15) is 41.4 Å². The molecular formula is C20H27N3OS. The molecule has 1 aliphatic heterocycles. The fourth-order valence-corrected chi connectivity index (χ4v) is 4.57. The van der Waals surface area contributed by atoms with Crippen molar-refractivity contribution < 1.29 is 4.79 Å². The van der Waals surface area contributed by atoms with Crippen molar-refractivity contribution in [3.05, 3.63) is 57.8 Å². The minimum atomic E-state index is 0.0477. The summed E-state index contributed by atoms with van der Waals surface area (Å²) in [6.07, 6.45) is 1.92. The molecule has 2 heterocycles. The van der Waals surface area contributed by atoms with Gasteiger partial charge in [0.05, 0.1) is 12.1 Å². The van der Waals surface area contributed by atoms with E-state index in [1.165, 1.54) is 16.0 Å². The summed E-state index contributed by atoms with van der Waals surface area (Å²) in [7, 11) is 4.11. The molecule has 0 spiro atoms.